The molecule has 108 valence electrons. The van der Waals surface area contributed by atoms with Crippen LogP contribution in [-0.2, 0) is 5.41 Å². The van der Waals surface area contributed by atoms with Crippen LogP contribution in [0.15, 0.2) is 41.8 Å². The molecule has 5 N–H and O–H groups in total. The van der Waals surface area contributed by atoms with Gasteiger partial charge < -0.3 is 16.7 Å². The van der Waals surface area contributed by atoms with Crippen molar-refractivity contribution in [3.8, 4) is 11.1 Å². The second-order valence-corrected chi connectivity index (χ2v) is 5.33. The number of benzene rings is 1. The molecule has 0 unspecified atom stereocenters. The Bertz CT molecular complexity index is 659. The Morgan fingerprint density at radius 1 is 1.10 bits per heavy atom. The van der Waals surface area contributed by atoms with E-state index >= 15 is 0 Å². The van der Waals surface area contributed by atoms with Gasteiger partial charge in [0, 0.05) is 18.0 Å². The number of nitrogen functional groups attached to an aromatic ring is 1. The van der Waals surface area contributed by atoms with Crippen LogP contribution < -0.4 is 11.5 Å². The molecule has 1 aromatic carbocycles. The van der Waals surface area contributed by atoms with Crippen molar-refractivity contribution >= 4 is 11.8 Å². The summed E-state index contributed by atoms with van der Waals surface area (Å²) in [5.74, 6) is 0.549. The van der Waals surface area contributed by atoms with Crippen LogP contribution in [0.3, 0.4) is 0 Å². The molecule has 3 rings (SSSR count). The fourth-order valence-electron chi connectivity index (χ4n) is 2.79. The molecule has 21 heavy (non-hydrogen) atoms. The van der Waals surface area contributed by atoms with Gasteiger partial charge in [-0.25, -0.2) is 9.97 Å². The molecule has 1 heterocycles. The van der Waals surface area contributed by atoms with Gasteiger partial charge in [0.15, 0.2) is 0 Å². The molecule has 0 saturated heterocycles. The summed E-state index contributed by atoms with van der Waals surface area (Å²) in [6.45, 7) is 0. The molecule has 1 saturated carbocycles. The Morgan fingerprint density at radius 2 is 1.71 bits per heavy atom. The number of hydrogen-bond donors (Lipinski definition) is 3. The minimum Gasteiger partial charge on any atom is -0.409 e. The molecule has 0 atom stereocenters. The zero-order valence-corrected chi connectivity index (χ0v) is 11.5. The highest BCUT2D eigenvalue weighted by Crippen LogP contribution is 2.44. The summed E-state index contributed by atoms with van der Waals surface area (Å²) in [4.78, 5) is 7.98. The van der Waals surface area contributed by atoms with Crippen molar-refractivity contribution in [3.05, 3.63) is 42.2 Å². The Labute approximate surface area is 122 Å². The molecule has 0 bridgehead atoms. The lowest BCUT2D eigenvalue weighted by Gasteiger charge is -2.41. The number of aromatic nitrogens is 2. The van der Waals surface area contributed by atoms with Gasteiger partial charge in [-0.15, -0.1) is 0 Å². The lowest BCUT2D eigenvalue weighted by molar-refractivity contribution is 0.286. The number of anilines is 1. The summed E-state index contributed by atoms with van der Waals surface area (Å²) in [5.41, 5.74) is 14.0. The summed E-state index contributed by atoms with van der Waals surface area (Å²) < 4.78 is 0. The zero-order valence-electron chi connectivity index (χ0n) is 11.5. The van der Waals surface area contributed by atoms with E-state index in [1.807, 2.05) is 24.3 Å². The first-order valence-electron chi connectivity index (χ1n) is 6.82. The molecule has 1 aliphatic rings. The maximum absolute atomic E-state index is 8.99. The minimum atomic E-state index is -0.315. The summed E-state index contributed by atoms with van der Waals surface area (Å²) in [7, 11) is 0. The second-order valence-electron chi connectivity index (χ2n) is 5.33. The predicted molar refractivity (Wildman–Crippen MR) is 80.8 cm³/mol. The number of nitrogens with zero attached hydrogens (tertiary/aromatic N) is 3. The number of rotatable bonds is 3. The fraction of sp³-hybridized carbons (Fsp3) is 0.267. The van der Waals surface area contributed by atoms with Crippen LogP contribution in [0.25, 0.3) is 11.1 Å². The Hall–Kier alpha value is -2.63. The van der Waals surface area contributed by atoms with Crippen molar-refractivity contribution in [1.29, 1.82) is 0 Å². The highest BCUT2D eigenvalue weighted by molar-refractivity contribution is 5.92. The van der Waals surface area contributed by atoms with Gasteiger partial charge in [0.05, 0.1) is 5.41 Å². The van der Waals surface area contributed by atoms with Crippen molar-refractivity contribution in [2.45, 2.75) is 24.7 Å². The van der Waals surface area contributed by atoms with Crippen LogP contribution in [0, 0.1) is 0 Å². The van der Waals surface area contributed by atoms with E-state index in [0.717, 1.165) is 36.0 Å². The van der Waals surface area contributed by atoms with E-state index < -0.39 is 0 Å². The van der Waals surface area contributed by atoms with E-state index in [0.29, 0.717) is 0 Å². The van der Waals surface area contributed by atoms with Crippen LogP contribution >= 0.6 is 0 Å². The topological polar surface area (TPSA) is 110 Å². The maximum Gasteiger partial charge on any atom is 0.219 e. The standard InChI is InChI=1S/C15H17N5O/c16-13(20-21)15(6-1-7-15)12-4-2-10(3-5-12)11-8-18-14(17)19-9-11/h2-5,8-9,21H,1,6-7H2,(H2,16,20)(H2,17,18,19). The third-order valence-electron chi connectivity index (χ3n) is 4.25. The first-order valence-corrected chi connectivity index (χ1v) is 6.82. The van der Waals surface area contributed by atoms with Crippen LogP contribution in [0.5, 0.6) is 0 Å². The van der Waals surface area contributed by atoms with Gasteiger partial charge in [0.1, 0.15) is 5.84 Å². The van der Waals surface area contributed by atoms with Crippen LogP contribution in [0.2, 0.25) is 0 Å². The molecule has 1 aliphatic carbocycles. The highest BCUT2D eigenvalue weighted by Gasteiger charge is 2.42. The first-order chi connectivity index (χ1) is 10.2. The highest BCUT2D eigenvalue weighted by atomic mass is 16.4. The molecular formula is C15H17N5O. The van der Waals surface area contributed by atoms with Crippen molar-refractivity contribution < 1.29 is 5.21 Å². The Balaban J connectivity index is 1.92. The molecule has 0 amide bonds. The lowest BCUT2D eigenvalue weighted by atomic mass is 9.63. The van der Waals surface area contributed by atoms with Crippen LogP contribution in [0.1, 0.15) is 24.8 Å². The number of oxime groups is 1. The van der Waals surface area contributed by atoms with Crippen molar-refractivity contribution in [1.82, 2.24) is 9.97 Å². The monoisotopic (exact) mass is 283 g/mol. The van der Waals surface area contributed by atoms with Gasteiger partial charge in [0.25, 0.3) is 0 Å². The SMILES string of the molecule is NC(=NO)C1(c2ccc(-c3cnc(N)nc3)cc2)CCC1. The summed E-state index contributed by atoms with van der Waals surface area (Å²) in [6, 6.07) is 8.02. The van der Waals surface area contributed by atoms with E-state index in [2.05, 4.69) is 15.1 Å². The van der Waals surface area contributed by atoms with E-state index in [-0.39, 0.29) is 17.2 Å². The van der Waals surface area contributed by atoms with Crippen LogP contribution in [0.4, 0.5) is 5.95 Å². The van der Waals surface area contributed by atoms with E-state index in [1.165, 1.54) is 0 Å². The van der Waals surface area contributed by atoms with Gasteiger partial charge >= 0.3 is 0 Å². The predicted octanol–water partition coefficient (Wildman–Crippen LogP) is 1.89. The molecule has 0 aliphatic heterocycles. The lowest BCUT2D eigenvalue weighted by Crippen LogP contribution is -2.46. The van der Waals surface area contributed by atoms with Gasteiger partial charge in [-0.1, -0.05) is 35.8 Å². The Kier molecular flexibility index (Phi) is 3.21. The molecule has 1 aromatic heterocycles. The smallest absolute Gasteiger partial charge is 0.219 e. The second kappa shape index (κ2) is 5.05. The van der Waals surface area contributed by atoms with Gasteiger partial charge in [0.2, 0.25) is 5.95 Å². The quantitative estimate of drug-likeness (QED) is 0.345. The largest absolute Gasteiger partial charge is 0.409 e. The average molecular weight is 283 g/mol. The van der Waals surface area contributed by atoms with Gasteiger partial charge in [-0.2, -0.15) is 0 Å². The number of nitrogens with two attached hydrogens (primary N) is 2. The molecule has 0 spiro atoms. The first kappa shape index (κ1) is 13.4. The van der Waals surface area contributed by atoms with E-state index in [9.17, 15) is 0 Å². The number of amidine groups is 1. The van der Waals surface area contributed by atoms with Crippen LogP contribution in [-0.4, -0.2) is 21.0 Å². The summed E-state index contributed by atoms with van der Waals surface area (Å²) in [5, 5.41) is 12.2. The minimum absolute atomic E-state index is 0.260. The molecule has 2 aromatic rings. The normalized spacial score (nSPS) is 17.2. The molecular weight excluding hydrogens is 266 g/mol. The molecule has 6 nitrogen and oxygen atoms in total. The third-order valence-corrected chi connectivity index (χ3v) is 4.25. The molecule has 0 radical (unpaired) electrons. The van der Waals surface area contributed by atoms with Crippen molar-refractivity contribution in [2.75, 3.05) is 5.73 Å². The van der Waals surface area contributed by atoms with E-state index in [1.54, 1.807) is 12.4 Å². The maximum atomic E-state index is 8.99. The van der Waals surface area contributed by atoms with Gasteiger partial charge in [-0.05, 0) is 24.0 Å². The van der Waals surface area contributed by atoms with E-state index in [4.69, 9.17) is 16.7 Å². The average Bonchev–Trinajstić information content (AvgIpc) is 2.47. The Morgan fingerprint density at radius 3 is 2.19 bits per heavy atom. The third kappa shape index (κ3) is 2.18. The van der Waals surface area contributed by atoms with Gasteiger partial charge in [-0.3, -0.25) is 0 Å². The molecule has 1 fully saturated rings. The fourth-order valence-corrected chi connectivity index (χ4v) is 2.79. The summed E-state index contributed by atoms with van der Waals surface area (Å²) >= 11 is 0. The van der Waals surface area contributed by atoms with Crippen molar-refractivity contribution in [3.63, 3.8) is 0 Å². The summed E-state index contributed by atoms with van der Waals surface area (Å²) in [6.07, 6.45) is 6.30. The zero-order chi connectivity index (χ0) is 14.9. The van der Waals surface area contributed by atoms with Crippen molar-refractivity contribution in [2.24, 2.45) is 10.9 Å². The molecule has 6 heteroatoms. The number of hydrogen-bond acceptors (Lipinski definition) is 5.